The van der Waals surface area contributed by atoms with Crippen LogP contribution < -0.4 is 20.5 Å². The van der Waals surface area contributed by atoms with Crippen molar-refractivity contribution in [3.8, 4) is 11.5 Å². The molecule has 2 heterocycles. The van der Waals surface area contributed by atoms with E-state index < -0.39 is 17.6 Å². The average Bonchev–Trinajstić information content (AvgIpc) is 3.06. The van der Waals surface area contributed by atoms with E-state index in [9.17, 15) is 14.0 Å². The molecule has 164 valence electrons. The highest BCUT2D eigenvalue weighted by Crippen LogP contribution is 2.32. The summed E-state index contributed by atoms with van der Waals surface area (Å²) in [7, 11) is 4.58. The zero-order valence-electron chi connectivity index (χ0n) is 17.3. The first-order valence-electron chi connectivity index (χ1n) is 9.59. The summed E-state index contributed by atoms with van der Waals surface area (Å²) >= 11 is 0. The minimum absolute atomic E-state index is 0.0685. The Bertz CT molecular complexity index is 1190. The van der Waals surface area contributed by atoms with E-state index in [1.54, 1.807) is 26.4 Å². The number of urea groups is 1. The summed E-state index contributed by atoms with van der Waals surface area (Å²) in [4.78, 5) is 26.0. The number of methoxy groups -OCH3 is 2. The van der Waals surface area contributed by atoms with Gasteiger partial charge in [0, 0.05) is 25.7 Å². The van der Waals surface area contributed by atoms with E-state index in [1.165, 1.54) is 22.6 Å². The standard InChI is InChI=1S/C21H22FN3O6/c1-24-15-9-13(22)14(10-17(15)31-21(24)27)23-20(26)25-6-7-30-19(11-25)12-4-5-16(28-2)18(8-12)29-3/h4-5,8-10,19H,6-7,11H2,1-3H3,(H,23,26). The number of carbonyl (C=O) groups excluding carboxylic acids is 1. The van der Waals surface area contributed by atoms with Gasteiger partial charge in [0.15, 0.2) is 17.1 Å². The Morgan fingerprint density at radius 3 is 2.71 bits per heavy atom. The number of fused-ring (bicyclic) bond motifs is 1. The smallest absolute Gasteiger partial charge is 0.419 e. The third-order valence-electron chi connectivity index (χ3n) is 5.26. The average molecular weight is 431 g/mol. The maximum absolute atomic E-state index is 14.5. The minimum Gasteiger partial charge on any atom is -0.493 e. The Hall–Kier alpha value is -3.53. The molecule has 1 unspecified atom stereocenters. The van der Waals surface area contributed by atoms with Crippen LogP contribution in [-0.4, -0.2) is 49.4 Å². The lowest BCUT2D eigenvalue weighted by molar-refractivity contribution is -0.0136. The predicted molar refractivity (Wildman–Crippen MR) is 110 cm³/mol. The van der Waals surface area contributed by atoms with Crippen LogP contribution in [0.2, 0.25) is 0 Å². The molecule has 0 radical (unpaired) electrons. The van der Waals surface area contributed by atoms with Crippen molar-refractivity contribution < 1.29 is 27.8 Å². The number of hydrogen-bond donors (Lipinski definition) is 1. The van der Waals surface area contributed by atoms with Gasteiger partial charge in [-0.2, -0.15) is 0 Å². The van der Waals surface area contributed by atoms with Gasteiger partial charge in [-0.25, -0.2) is 14.0 Å². The summed E-state index contributed by atoms with van der Waals surface area (Å²) in [6.07, 6.45) is -0.376. The Morgan fingerprint density at radius 1 is 1.19 bits per heavy atom. The SMILES string of the molecule is COc1ccc(C2CN(C(=O)Nc3cc4oc(=O)n(C)c4cc3F)CCO2)cc1OC. The zero-order valence-corrected chi connectivity index (χ0v) is 17.3. The van der Waals surface area contributed by atoms with E-state index in [1.807, 2.05) is 6.07 Å². The van der Waals surface area contributed by atoms with E-state index in [2.05, 4.69) is 5.32 Å². The molecule has 1 aliphatic heterocycles. The second kappa shape index (κ2) is 8.31. The predicted octanol–water partition coefficient (Wildman–Crippen LogP) is 2.89. The number of hydrogen-bond acceptors (Lipinski definition) is 6. The minimum atomic E-state index is -0.665. The van der Waals surface area contributed by atoms with Gasteiger partial charge in [0.2, 0.25) is 0 Å². The lowest BCUT2D eigenvalue weighted by atomic mass is 10.1. The highest BCUT2D eigenvalue weighted by molar-refractivity contribution is 5.92. The fraction of sp³-hybridized carbons (Fsp3) is 0.333. The third kappa shape index (κ3) is 3.93. The zero-order chi connectivity index (χ0) is 22.1. The quantitative estimate of drug-likeness (QED) is 0.683. The van der Waals surface area contributed by atoms with Gasteiger partial charge in [-0.1, -0.05) is 6.07 Å². The van der Waals surface area contributed by atoms with Gasteiger partial charge in [0.05, 0.1) is 38.6 Å². The summed E-state index contributed by atoms with van der Waals surface area (Å²) < 4.78 is 37.2. The maximum atomic E-state index is 14.5. The molecule has 3 aromatic rings. The van der Waals surface area contributed by atoms with Gasteiger partial charge in [0.25, 0.3) is 0 Å². The summed E-state index contributed by atoms with van der Waals surface area (Å²) in [5.41, 5.74) is 1.25. The monoisotopic (exact) mass is 431 g/mol. The molecule has 2 amide bonds. The van der Waals surface area contributed by atoms with Crippen LogP contribution >= 0.6 is 0 Å². The molecule has 10 heteroatoms. The van der Waals surface area contributed by atoms with Crippen LogP contribution in [0.15, 0.2) is 39.5 Å². The van der Waals surface area contributed by atoms with Crippen molar-refractivity contribution in [3.05, 3.63) is 52.3 Å². The lowest BCUT2D eigenvalue weighted by Crippen LogP contribution is -2.44. The number of oxazole rings is 1. The number of benzene rings is 2. The van der Waals surface area contributed by atoms with Crippen molar-refractivity contribution in [3.63, 3.8) is 0 Å². The molecule has 0 spiro atoms. The normalized spacial score (nSPS) is 16.4. The molecule has 1 aromatic heterocycles. The molecule has 9 nitrogen and oxygen atoms in total. The molecular formula is C21H22FN3O6. The Morgan fingerprint density at radius 2 is 1.97 bits per heavy atom. The van der Waals surface area contributed by atoms with Gasteiger partial charge < -0.3 is 28.8 Å². The number of nitrogens with zero attached hydrogens (tertiary/aromatic N) is 2. The van der Waals surface area contributed by atoms with Crippen molar-refractivity contribution in [2.45, 2.75) is 6.10 Å². The summed E-state index contributed by atoms with van der Waals surface area (Å²) in [6.45, 7) is 0.938. The molecule has 0 saturated carbocycles. The van der Waals surface area contributed by atoms with Gasteiger partial charge in [0.1, 0.15) is 11.9 Å². The summed E-state index contributed by atoms with van der Waals surface area (Å²) in [5.74, 6) is -0.120. The maximum Gasteiger partial charge on any atom is 0.419 e. The van der Waals surface area contributed by atoms with Crippen LogP contribution in [0.4, 0.5) is 14.9 Å². The van der Waals surface area contributed by atoms with E-state index in [0.29, 0.717) is 30.2 Å². The Labute approximate surface area is 176 Å². The molecule has 31 heavy (non-hydrogen) atoms. The molecule has 0 bridgehead atoms. The van der Waals surface area contributed by atoms with E-state index >= 15 is 0 Å². The van der Waals surface area contributed by atoms with Gasteiger partial charge in [-0.05, 0) is 17.7 Å². The van der Waals surface area contributed by atoms with E-state index in [0.717, 1.165) is 11.6 Å². The number of ether oxygens (including phenoxy) is 3. The van der Waals surface area contributed by atoms with E-state index in [4.69, 9.17) is 18.6 Å². The highest BCUT2D eigenvalue weighted by atomic mass is 19.1. The number of carbonyl (C=O) groups is 1. The molecule has 0 aliphatic carbocycles. The van der Waals surface area contributed by atoms with Crippen molar-refractivity contribution in [2.75, 3.05) is 39.2 Å². The van der Waals surface area contributed by atoms with E-state index in [-0.39, 0.29) is 23.9 Å². The molecule has 4 rings (SSSR count). The topological polar surface area (TPSA) is 95.2 Å². The number of halogens is 1. The van der Waals surface area contributed by atoms with Crippen molar-refractivity contribution in [2.24, 2.45) is 7.05 Å². The molecule has 1 saturated heterocycles. The molecular weight excluding hydrogens is 409 g/mol. The molecule has 1 fully saturated rings. The van der Waals surface area contributed by atoms with Crippen molar-refractivity contribution in [1.29, 1.82) is 0 Å². The van der Waals surface area contributed by atoms with Crippen LogP contribution in [0, 0.1) is 5.82 Å². The van der Waals surface area contributed by atoms with Crippen LogP contribution in [0.3, 0.4) is 0 Å². The summed E-state index contributed by atoms with van der Waals surface area (Å²) in [5, 5.41) is 2.55. The second-order valence-electron chi connectivity index (χ2n) is 7.08. The Balaban J connectivity index is 1.51. The van der Waals surface area contributed by atoms with Crippen LogP contribution in [0.5, 0.6) is 11.5 Å². The number of rotatable bonds is 4. The number of anilines is 1. The van der Waals surface area contributed by atoms with Crippen LogP contribution in [-0.2, 0) is 11.8 Å². The molecule has 1 atom stereocenters. The fourth-order valence-electron chi connectivity index (χ4n) is 3.53. The number of amides is 2. The first kappa shape index (κ1) is 20.7. The number of nitrogens with one attached hydrogen (secondary N) is 1. The first-order chi connectivity index (χ1) is 14.9. The van der Waals surface area contributed by atoms with Crippen molar-refractivity contribution in [1.82, 2.24) is 9.47 Å². The molecule has 2 aromatic carbocycles. The number of morpholine rings is 1. The first-order valence-corrected chi connectivity index (χ1v) is 9.59. The fourth-order valence-corrected chi connectivity index (χ4v) is 3.53. The van der Waals surface area contributed by atoms with Gasteiger partial charge in [-0.15, -0.1) is 0 Å². The van der Waals surface area contributed by atoms with Crippen LogP contribution in [0.1, 0.15) is 11.7 Å². The molecule has 1 N–H and O–H groups in total. The summed E-state index contributed by atoms with van der Waals surface area (Å²) in [6, 6.07) is 7.39. The molecule has 1 aliphatic rings. The second-order valence-corrected chi connectivity index (χ2v) is 7.08. The van der Waals surface area contributed by atoms with Crippen LogP contribution in [0.25, 0.3) is 11.1 Å². The number of aryl methyl sites for hydroxylation is 1. The Kier molecular flexibility index (Phi) is 5.55. The lowest BCUT2D eigenvalue weighted by Gasteiger charge is -2.33. The highest BCUT2D eigenvalue weighted by Gasteiger charge is 2.27. The largest absolute Gasteiger partial charge is 0.493 e. The van der Waals surface area contributed by atoms with Crippen molar-refractivity contribution >= 4 is 22.8 Å². The van der Waals surface area contributed by atoms with Gasteiger partial charge >= 0.3 is 11.8 Å². The third-order valence-corrected chi connectivity index (χ3v) is 5.26. The number of aromatic nitrogens is 1. The van der Waals surface area contributed by atoms with Gasteiger partial charge in [-0.3, -0.25) is 4.57 Å².